The van der Waals surface area contributed by atoms with Gasteiger partial charge in [-0.25, -0.2) is 17.8 Å². The summed E-state index contributed by atoms with van der Waals surface area (Å²) in [5.74, 6) is 0. The number of sulfonamides is 1. The lowest BCUT2D eigenvalue weighted by atomic mass is 10.2. The lowest BCUT2D eigenvalue weighted by molar-refractivity contribution is 0.591. The molecule has 0 saturated heterocycles. The first kappa shape index (κ1) is 17.1. The molecule has 1 N–H and O–H groups in total. The Kier molecular flexibility index (Phi) is 5.42. The fourth-order valence-corrected chi connectivity index (χ4v) is 3.15. The van der Waals surface area contributed by atoms with Gasteiger partial charge in [-0.15, -0.1) is 0 Å². The average Bonchev–Trinajstić information content (AvgIpc) is 3.11. The third-order valence-electron chi connectivity index (χ3n) is 3.61. The molecule has 128 valence electrons. The summed E-state index contributed by atoms with van der Waals surface area (Å²) < 4.78 is 28.4. The molecule has 3 aromatic rings. The first-order valence-corrected chi connectivity index (χ1v) is 9.49. The van der Waals surface area contributed by atoms with Crippen molar-refractivity contribution in [3.8, 4) is 5.69 Å². The third-order valence-corrected chi connectivity index (χ3v) is 4.71. The van der Waals surface area contributed by atoms with Gasteiger partial charge >= 0.3 is 0 Å². The number of aromatic nitrogens is 2. The maximum Gasteiger partial charge on any atom is 0.233 e. The standard InChI is InChI=1S/C19H19N3O2S/c23-25(24,14-12-17-7-3-1-4-8-17)21-13-11-18-15-20-22(16-18)19-9-5-2-6-10-19/h1-10,12,14-16,21H,11,13H2/b14-12+. The van der Waals surface area contributed by atoms with E-state index >= 15 is 0 Å². The van der Waals surface area contributed by atoms with Crippen molar-refractivity contribution in [1.82, 2.24) is 14.5 Å². The summed E-state index contributed by atoms with van der Waals surface area (Å²) in [5.41, 5.74) is 2.79. The van der Waals surface area contributed by atoms with Crippen LogP contribution in [0.4, 0.5) is 0 Å². The molecular formula is C19H19N3O2S. The van der Waals surface area contributed by atoms with Crippen molar-refractivity contribution in [2.75, 3.05) is 6.54 Å². The van der Waals surface area contributed by atoms with Crippen molar-refractivity contribution in [2.24, 2.45) is 0 Å². The maximum atomic E-state index is 12.0. The van der Waals surface area contributed by atoms with Crippen molar-refractivity contribution in [3.63, 3.8) is 0 Å². The van der Waals surface area contributed by atoms with Crippen molar-refractivity contribution in [1.29, 1.82) is 0 Å². The van der Waals surface area contributed by atoms with Gasteiger partial charge in [0, 0.05) is 18.1 Å². The van der Waals surface area contributed by atoms with Gasteiger partial charge in [-0.05, 0) is 35.8 Å². The Bertz CT molecular complexity index is 933. The molecule has 0 aliphatic carbocycles. The van der Waals surface area contributed by atoms with Crippen LogP contribution < -0.4 is 4.72 Å². The average molecular weight is 353 g/mol. The predicted molar refractivity (Wildman–Crippen MR) is 99.7 cm³/mol. The Morgan fingerprint density at radius 2 is 1.68 bits per heavy atom. The summed E-state index contributed by atoms with van der Waals surface area (Å²) in [6, 6.07) is 19.1. The molecule has 5 nitrogen and oxygen atoms in total. The highest BCUT2D eigenvalue weighted by Crippen LogP contribution is 2.08. The summed E-state index contributed by atoms with van der Waals surface area (Å²) in [6.07, 6.45) is 5.81. The van der Waals surface area contributed by atoms with E-state index in [0.717, 1.165) is 16.8 Å². The van der Waals surface area contributed by atoms with Crippen molar-refractivity contribution in [2.45, 2.75) is 6.42 Å². The summed E-state index contributed by atoms with van der Waals surface area (Å²) in [4.78, 5) is 0. The molecule has 0 amide bonds. The maximum absolute atomic E-state index is 12.0. The SMILES string of the molecule is O=S(=O)(/C=C/c1ccccc1)NCCc1cnn(-c2ccccc2)c1. The molecule has 2 aromatic carbocycles. The van der Waals surface area contributed by atoms with Crippen LogP contribution in [0.15, 0.2) is 78.5 Å². The number of rotatable bonds is 7. The number of hydrogen-bond acceptors (Lipinski definition) is 3. The molecule has 0 bridgehead atoms. The molecule has 0 aliphatic heterocycles. The van der Waals surface area contributed by atoms with Crippen molar-refractivity contribution in [3.05, 3.63) is 89.6 Å². The van der Waals surface area contributed by atoms with Crippen LogP contribution in [0.25, 0.3) is 11.8 Å². The zero-order chi connectivity index (χ0) is 17.5. The lowest BCUT2D eigenvalue weighted by Crippen LogP contribution is -2.23. The van der Waals surface area contributed by atoms with Gasteiger partial charge in [0.2, 0.25) is 10.0 Å². The second-order valence-electron chi connectivity index (χ2n) is 5.53. The Morgan fingerprint density at radius 3 is 2.40 bits per heavy atom. The van der Waals surface area contributed by atoms with E-state index in [1.54, 1.807) is 17.0 Å². The molecule has 3 rings (SSSR count). The first-order chi connectivity index (χ1) is 12.1. The van der Waals surface area contributed by atoms with E-state index < -0.39 is 10.0 Å². The van der Waals surface area contributed by atoms with Crippen LogP contribution in [0.5, 0.6) is 0 Å². The van der Waals surface area contributed by atoms with Gasteiger partial charge in [0.15, 0.2) is 0 Å². The Balaban J connectivity index is 1.54. The molecule has 0 aliphatic rings. The fraction of sp³-hybridized carbons (Fsp3) is 0.105. The monoisotopic (exact) mass is 353 g/mol. The molecule has 1 aromatic heterocycles. The molecule has 0 saturated carbocycles. The zero-order valence-electron chi connectivity index (χ0n) is 13.6. The van der Waals surface area contributed by atoms with Crippen molar-refractivity contribution >= 4 is 16.1 Å². The molecule has 0 spiro atoms. The highest BCUT2D eigenvalue weighted by atomic mass is 32.2. The van der Waals surface area contributed by atoms with Crippen LogP contribution in [0.1, 0.15) is 11.1 Å². The highest BCUT2D eigenvalue weighted by Gasteiger charge is 2.06. The minimum Gasteiger partial charge on any atom is -0.241 e. The minimum atomic E-state index is -3.45. The quantitative estimate of drug-likeness (QED) is 0.710. The molecule has 1 heterocycles. The summed E-state index contributed by atoms with van der Waals surface area (Å²) >= 11 is 0. The molecule has 25 heavy (non-hydrogen) atoms. The zero-order valence-corrected chi connectivity index (χ0v) is 14.4. The van der Waals surface area contributed by atoms with E-state index in [1.807, 2.05) is 66.9 Å². The number of hydrogen-bond donors (Lipinski definition) is 1. The molecule has 0 radical (unpaired) electrons. The molecule has 0 unspecified atom stereocenters. The predicted octanol–water partition coefficient (Wildman–Crippen LogP) is 3.01. The largest absolute Gasteiger partial charge is 0.241 e. The Hall–Kier alpha value is -2.70. The summed E-state index contributed by atoms with van der Waals surface area (Å²) in [5, 5.41) is 5.49. The van der Waals surface area contributed by atoms with Gasteiger partial charge in [0.25, 0.3) is 0 Å². The van der Waals surface area contributed by atoms with Crippen LogP contribution in [0.3, 0.4) is 0 Å². The number of nitrogens with one attached hydrogen (secondary N) is 1. The molecule has 0 fully saturated rings. The summed E-state index contributed by atoms with van der Waals surface area (Å²) in [7, 11) is -3.45. The van der Waals surface area contributed by atoms with Crippen LogP contribution >= 0.6 is 0 Å². The van der Waals surface area contributed by atoms with E-state index in [2.05, 4.69) is 9.82 Å². The van der Waals surface area contributed by atoms with Crippen molar-refractivity contribution < 1.29 is 8.42 Å². The normalized spacial score (nSPS) is 11.8. The van der Waals surface area contributed by atoms with Crippen LogP contribution in [-0.4, -0.2) is 24.7 Å². The van der Waals surface area contributed by atoms with Crippen LogP contribution in [0.2, 0.25) is 0 Å². The van der Waals surface area contributed by atoms with E-state index in [0.29, 0.717) is 13.0 Å². The Morgan fingerprint density at radius 1 is 1.00 bits per heavy atom. The highest BCUT2D eigenvalue weighted by molar-refractivity contribution is 7.92. The fourth-order valence-electron chi connectivity index (χ4n) is 2.33. The van der Waals surface area contributed by atoms with Gasteiger partial charge in [-0.3, -0.25) is 0 Å². The Labute approximate surface area is 147 Å². The van der Waals surface area contributed by atoms with Gasteiger partial charge in [0.1, 0.15) is 0 Å². The second kappa shape index (κ2) is 7.92. The second-order valence-corrected chi connectivity index (χ2v) is 7.18. The number of nitrogens with zero attached hydrogens (tertiary/aromatic N) is 2. The minimum absolute atomic E-state index is 0.321. The first-order valence-electron chi connectivity index (χ1n) is 7.94. The summed E-state index contributed by atoms with van der Waals surface area (Å²) in [6.45, 7) is 0.321. The van der Waals surface area contributed by atoms with Gasteiger partial charge in [-0.1, -0.05) is 48.5 Å². The molecular weight excluding hydrogens is 334 g/mol. The molecule has 6 heteroatoms. The smallest absolute Gasteiger partial charge is 0.233 e. The third kappa shape index (κ3) is 5.14. The lowest BCUT2D eigenvalue weighted by Gasteiger charge is -2.02. The van der Waals surface area contributed by atoms with E-state index in [-0.39, 0.29) is 0 Å². The van der Waals surface area contributed by atoms with E-state index in [1.165, 1.54) is 5.41 Å². The number of para-hydroxylation sites is 1. The van der Waals surface area contributed by atoms with Gasteiger partial charge in [0.05, 0.1) is 11.9 Å². The molecule has 0 atom stereocenters. The van der Waals surface area contributed by atoms with Gasteiger partial charge in [-0.2, -0.15) is 5.10 Å². The van der Waals surface area contributed by atoms with E-state index in [4.69, 9.17) is 0 Å². The van der Waals surface area contributed by atoms with Gasteiger partial charge < -0.3 is 0 Å². The topological polar surface area (TPSA) is 64.0 Å². The van der Waals surface area contributed by atoms with Crippen LogP contribution in [0, 0.1) is 0 Å². The number of benzene rings is 2. The van der Waals surface area contributed by atoms with Crippen LogP contribution in [-0.2, 0) is 16.4 Å². The van der Waals surface area contributed by atoms with E-state index in [9.17, 15) is 8.42 Å².